The average molecular weight is 443 g/mol. The number of hydrogen-bond donors (Lipinski definition) is 1. The summed E-state index contributed by atoms with van der Waals surface area (Å²) >= 11 is 0. The predicted octanol–water partition coefficient (Wildman–Crippen LogP) is 4.92. The van der Waals surface area contributed by atoms with Gasteiger partial charge in [-0.05, 0) is 55.3 Å². The van der Waals surface area contributed by atoms with Crippen molar-refractivity contribution < 1.29 is 27.9 Å². The van der Waals surface area contributed by atoms with Gasteiger partial charge in [-0.1, -0.05) is 0 Å². The van der Waals surface area contributed by atoms with E-state index < -0.39 is 17.7 Å². The van der Waals surface area contributed by atoms with Crippen LogP contribution in [0.4, 0.5) is 13.6 Å². The second kappa shape index (κ2) is 8.96. The largest absolute Gasteiger partial charge is 0.497 e. The van der Waals surface area contributed by atoms with Crippen LogP contribution in [0.25, 0.3) is 22.6 Å². The number of nitrogens with zero attached hydrogens (tertiary/aromatic N) is 3. The molecule has 0 saturated carbocycles. The molecule has 1 saturated heterocycles. The first kappa shape index (κ1) is 21.8. The number of ether oxygens (including phenoxy) is 1. The molecule has 0 spiro atoms. The van der Waals surface area contributed by atoms with Crippen LogP contribution in [0.1, 0.15) is 24.7 Å². The van der Waals surface area contributed by atoms with Crippen LogP contribution in [0.2, 0.25) is 0 Å². The zero-order valence-electron chi connectivity index (χ0n) is 17.7. The summed E-state index contributed by atoms with van der Waals surface area (Å²) in [5, 5.41) is 9.94. The van der Waals surface area contributed by atoms with E-state index >= 15 is 0 Å². The number of piperidine rings is 1. The molecule has 2 amide bonds. The highest BCUT2D eigenvalue weighted by Crippen LogP contribution is 2.38. The summed E-state index contributed by atoms with van der Waals surface area (Å²) in [6, 6.07) is 10.4. The van der Waals surface area contributed by atoms with E-state index in [2.05, 4.69) is 0 Å². The quantitative estimate of drug-likeness (QED) is 0.458. The Morgan fingerprint density at radius 3 is 2.38 bits per heavy atom. The summed E-state index contributed by atoms with van der Waals surface area (Å²) in [5.74, 6) is -0.471. The van der Waals surface area contributed by atoms with E-state index in [4.69, 9.17) is 14.1 Å². The Hall–Kier alpha value is -3.46. The monoisotopic (exact) mass is 443 g/mol. The van der Waals surface area contributed by atoms with Crippen molar-refractivity contribution in [2.45, 2.75) is 18.8 Å². The number of urea groups is 1. The molecular weight excluding hydrogens is 420 g/mol. The van der Waals surface area contributed by atoms with Gasteiger partial charge in [-0.3, -0.25) is 5.21 Å². The number of hydroxylamine groups is 2. The molecule has 0 radical (unpaired) electrons. The first-order chi connectivity index (χ1) is 15.4. The van der Waals surface area contributed by atoms with Crippen LogP contribution < -0.4 is 4.74 Å². The fourth-order valence-electron chi connectivity index (χ4n) is 3.81. The fraction of sp³-hybridized carbons (Fsp3) is 0.304. The molecule has 2 aromatic carbocycles. The second-order valence-corrected chi connectivity index (χ2v) is 7.65. The Kier molecular flexibility index (Phi) is 6.09. The van der Waals surface area contributed by atoms with Crippen molar-refractivity contribution in [2.75, 3.05) is 27.2 Å². The summed E-state index contributed by atoms with van der Waals surface area (Å²) in [5.41, 5.74) is 1.64. The molecule has 0 atom stereocenters. The SMILES string of the molecule is COc1ccc(-c2nc(C3CCN(C(=O)N(C)O)CC3)oc2-c2ccc(F)c(F)c2)cc1. The highest BCUT2D eigenvalue weighted by Gasteiger charge is 2.30. The number of amides is 2. The standard InChI is InChI=1S/C23H23F2N3O4/c1-27(30)23(29)28-11-9-15(10-12-28)22-26-20(14-3-6-17(31-2)7-4-14)21(32-22)16-5-8-18(24)19(25)13-16/h3-8,13,15,30H,9-12H2,1-2H3. The zero-order valence-corrected chi connectivity index (χ0v) is 17.7. The smallest absolute Gasteiger partial charge is 0.343 e. The number of oxazole rings is 1. The molecule has 1 aliphatic rings. The number of likely N-dealkylation sites (tertiary alicyclic amines) is 1. The molecular formula is C23H23F2N3O4. The van der Waals surface area contributed by atoms with Gasteiger partial charge in [-0.15, -0.1) is 0 Å². The van der Waals surface area contributed by atoms with Gasteiger partial charge in [0.2, 0.25) is 0 Å². The van der Waals surface area contributed by atoms with E-state index in [1.165, 1.54) is 13.1 Å². The highest BCUT2D eigenvalue weighted by molar-refractivity contribution is 5.77. The van der Waals surface area contributed by atoms with Crippen molar-refractivity contribution in [1.29, 1.82) is 0 Å². The van der Waals surface area contributed by atoms with Gasteiger partial charge in [0.05, 0.1) is 7.11 Å². The van der Waals surface area contributed by atoms with Gasteiger partial charge in [0, 0.05) is 37.2 Å². The van der Waals surface area contributed by atoms with Crippen LogP contribution in [0.15, 0.2) is 46.9 Å². The highest BCUT2D eigenvalue weighted by atomic mass is 19.2. The lowest BCUT2D eigenvalue weighted by Crippen LogP contribution is -2.43. The van der Waals surface area contributed by atoms with E-state index in [1.807, 2.05) is 12.1 Å². The summed E-state index contributed by atoms with van der Waals surface area (Å²) < 4.78 is 38.7. The van der Waals surface area contributed by atoms with Gasteiger partial charge in [0.1, 0.15) is 11.4 Å². The lowest BCUT2D eigenvalue weighted by atomic mass is 9.97. The molecule has 4 rings (SSSR count). The molecule has 0 aliphatic carbocycles. The van der Waals surface area contributed by atoms with E-state index in [0.29, 0.717) is 59.7 Å². The summed E-state index contributed by atoms with van der Waals surface area (Å²) in [4.78, 5) is 18.2. The third-order valence-electron chi connectivity index (χ3n) is 5.58. The predicted molar refractivity (Wildman–Crippen MR) is 112 cm³/mol. The molecule has 32 heavy (non-hydrogen) atoms. The van der Waals surface area contributed by atoms with Crippen LogP contribution in [0.5, 0.6) is 5.75 Å². The van der Waals surface area contributed by atoms with Crippen LogP contribution in [0.3, 0.4) is 0 Å². The summed E-state index contributed by atoms with van der Waals surface area (Å²) in [6.45, 7) is 0.879. The number of carbonyl (C=O) groups excluding carboxylic acids is 1. The Balaban J connectivity index is 1.68. The topological polar surface area (TPSA) is 79.0 Å². The zero-order chi connectivity index (χ0) is 22.8. The minimum Gasteiger partial charge on any atom is -0.497 e. The van der Waals surface area contributed by atoms with E-state index in [-0.39, 0.29) is 5.92 Å². The second-order valence-electron chi connectivity index (χ2n) is 7.65. The summed E-state index contributed by atoms with van der Waals surface area (Å²) in [6.07, 6.45) is 1.19. The van der Waals surface area contributed by atoms with Gasteiger partial charge in [0.15, 0.2) is 23.3 Å². The fourth-order valence-corrected chi connectivity index (χ4v) is 3.81. The molecule has 1 N–H and O–H groups in total. The molecule has 1 aliphatic heterocycles. The molecule has 1 fully saturated rings. The lowest BCUT2D eigenvalue weighted by molar-refractivity contribution is -0.0358. The van der Waals surface area contributed by atoms with Crippen molar-refractivity contribution in [3.8, 4) is 28.3 Å². The van der Waals surface area contributed by atoms with Gasteiger partial charge in [-0.25, -0.2) is 23.6 Å². The molecule has 168 valence electrons. The molecule has 1 aromatic heterocycles. The molecule has 7 nitrogen and oxygen atoms in total. The number of benzene rings is 2. The maximum atomic E-state index is 13.9. The van der Waals surface area contributed by atoms with Crippen molar-refractivity contribution in [2.24, 2.45) is 0 Å². The van der Waals surface area contributed by atoms with Crippen LogP contribution in [-0.4, -0.2) is 53.4 Å². The Morgan fingerprint density at radius 1 is 1.12 bits per heavy atom. The van der Waals surface area contributed by atoms with Crippen molar-refractivity contribution in [1.82, 2.24) is 14.9 Å². The first-order valence-electron chi connectivity index (χ1n) is 10.2. The van der Waals surface area contributed by atoms with E-state index in [9.17, 15) is 18.8 Å². The number of aromatic nitrogens is 1. The average Bonchev–Trinajstić information content (AvgIpc) is 3.26. The van der Waals surface area contributed by atoms with Gasteiger partial charge >= 0.3 is 6.03 Å². The van der Waals surface area contributed by atoms with Crippen LogP contribution >= 0.6 is 0 Å². The first-order valence-corrected chi connectivity index (χ1v) is 10.2. The number of hydrogen-bond acceptors (Lipinski definition) is 5. The Morgan fingerprint density at radius 2 is 1.78 bits per heavy atom. The molecule has 3 aromatic rings. The third kappa shape index (κ3) is 4.29. The Labute approximate surface area is 183 Å². The lowest BCUT2D eigenvalue weighted by Gasteiger charge is -2.31. The number of methoxy groups -OCH3 is 1. The van der Waals surface area contributed by atoms with Crippen molar-refractivity contribution >= 4 is 6.03 Å². The number of halogens is 2. The molecule has 0 unspecified atom stereocenters. The van der Waals surface area contributed by atoms with Crippen LogP contribution in [-0.2, 0) is 0 Å². The third-order valence-corrected chi connectivity index (χ3v) is 5.58. The maximum Gasteiger partial charge on any atom is 0.343 e. The van der Waals surface area contributed by atoms with Crippen molar-refractivity contribution in [3.05, 3.63) is 60.0 Å². The molecule has 2 heterocycles. The van der Waals surface area contributed by atoms with Crippen molar-refractivity contribution in [3.63, 3.8) is 0 Å². The summed E-state index contributed by atoms with van der Waals surface area (Å²) in [7, 11) is 2.86. The van der Waals surface area contributed by atoms with E-state index in [1.54, 1.807) is 24.1 Å². The maximum absolute atomic E-state index is 13.9. The minimum absolute atomic E-state index is 0.0564. The van der Waals surface area contributed by atoms with Gasteiger partial charge in [0.25, 0.3) is 0 Å². The van der Waals surface area contributed by atoms with Gasteiger partial charge in [-0.2, -0.15) is 0 Å². The number of rotatable bonds is 4. The molecule has 0 bridgehead atoms. The molecule has 9 heteroatoms. The Bertz CT molecular complexity index is 1110. The van der Waals surface area contributed by atoms with E-state index in [0.717, 1.165) is 17.7 Å². The number of carbonyl (C=O) groups is 1. The normalized spacial score (nSPS) is 14.5. The van der Waals surface area contributed by atoms with Crippen LogP contribution in [0, 0.1) is 11.6 Å². The van der Waals surface area contributed by atoms with Gasteiger partial charge < -0.3 is 14.1 Å². The minimum atomic E-state index is -0.971.